The number of hydrogen-bond donors (Lipinski definition) is 0. The Kier molecular flexibility index (Phi) is 16.6. The summed E-state index contributed by atoms with van der Waals surface area (Å²) in [5.74, 6) is -1.07. The van der Waals surface area contributed by atoms with Gasteiger partial charge in [0.05, 0.1) is 6.61 Å². The smallest absolute Gasteiger partial charge is 0.331 e. The van der Waals surface area contributed by atoms with E-state index in [4.69, 9.17) is 9.47 Å². The summed E-state index contributed by atoms with van der Waals surface area (Å²) in [6.45, 7) is 6.21. The molecule has 0 rings (SSSR count). The van der Waals surface area contributed by atoms with Crippen LogP contribution < -0.4 is 0 Å². The van der Waals surface area contributed by atoms with Crippen LogP contribution in [0.3, 0.4) is 0 Å². The number of rotatable bonds is 16. The third-order valence-corrected chi connectivity index (χ3v) is 3.69. The van der Waals surface area contributed by atoms with Crippen LogP contribution in [0.25, 0.3) is 0 Å². The first kappa shape index (κ1) is 22.4. The highest BCUT2D eigenvalue weighted by molar-refractivity contribution is 5.91. The molecular formula is C20H34O4. The van der Waals surface area contributed by atoms with Crippen LogP contribution in [0, 0.1) is 0 Å². The van der Waals surface area contributed by atoms with Gasteiger partial charge in [-0.25, -0.2) is 9.59 Å². The Balaban J connectivity index is 3.34. The topological polar surface area (TPSA) is 52.6 Å². The molecule has 0 aliphatic rings. The predicted molar refractivity (Wildman–Crippen MR) is 97.7 cm³/mol. The largest absolute Gasteiger partial charge is 0.463 e. The number of carbonyl (C=O) groups excluding carboxylic acids is 2. The standard InChI is InChI=1S/C20H34O4/c1-3-5-6-7-8-9-10-11-12-13-14-18-24-20(22)16-15-19(21)23-17-4-2/h4,15-16H,2-3,5-14,17-18H2,1H3. The maximum atomic E-state index is 11.4. The lowest BCUT2D eigenvalue weighted by atomic mass is 10.1. The van der Waals surface area contributed by atoms with Crippen LogP contribution in [0.15, 0.2) is 24.8 Å². The molecule has 0 aromatic rings. The average molecular weight is 338 g/mol. The van der Waals surface area contributed by atoms with E-state index in [1.165, 1.54) is 63.9 Å². The van der Waals surface area contributed by atoms with Crippen molar-refractivity contribution in [1.29, 1.82) is 0 Å². The molecule has 0 aromatic heterocycles. The van der Waals surface area contributed by atoms with Gasteiger partial charge in [-0.3, -0.25) is 0 Å². The van der Waals surface area contributed by atoms with Crippen molar-refractivity contribution in [3.63, 3.8) is 0 Å². The monoisotopic (exact) mass is 338 g/mol. The maximum Gasteiger partial charge on any atom is 0.331 e. The molecule has 0 atom stereocenters. The number of hydrogen-bond acceptors (Lipinski definition) is 4. The van der Waals surface area contributed by atoms with E-state index in [0.717, 1.165) is 25.0 Å². The van der Waals surface area contributed by atoms with Gasteiger partial charge in [0.2, 0.25) is 0 Å². The number of ether oxygens (including phenoxy) is 2. The number of esters is 2. The normalized spacial score (nSPS) is 10.7. The van der Waals surface area contributed by atoms with Crippen LogP contribution in [0.2, 0.25) is 0 Å². The van der Waals surface area contributed by atoms with Gasteiger partial charge in [0, 0.05) is 12.2 Å². The number of unbranched alkanes of at least 4 members (excludes halogenated alkanes) is 10. The van der Waals surface area contributed by atoms with Crippen LogP contribution in [-0.2, 0) is 19.1 Å². The summed E-state index contributed by atoms with van der Waals surface area (Å²) in [4.78, 5) is 22.5. The maximum absolute atomic E-state index is 11.4. The third-order valence-electron chi connectivity index (χ3n) is 3.69. The van der Waals surface area contributed by atoms with E-state index in [0.29, 0.717) is 6.61 Å². The first-order valence-corrected chi connectivity index (χ1v) is 9.33. The van der Waals surface area contributed by atoms with E-state index in [2.05, 4.69) is 13.5 Å². The van der Waals surface area contributed by atoms with Gasteiger partial charge in [0.15, 0.2) is 0 Å². The summed E-state index contributed by atoms with van der Waals surface area (Å²) in [5, 5.41) is 0. The molecule has 0 spiro atoms. The van der Waals surface area contributed by atoms with Crippen molar-refractivity contribution in [2.45, 2.75) is 77.6 Å². The fourth-order valence-corrected chi connectivity index (χ4v) is 2.31. The van der Waals surface area contributed by atoms with Crippen LogP contribution in [0.1, 0.15) is 77.6 Å². The molecule has 0 aliphatic heterocycles. The van der Waals surface area contributed by atoms with E-state index in [1.54, 1.807) is 0 Å². The summed E-state index contributed by atoms with van der Waals surface area (Å²) in [7, 11) is 0. The zero-order valence-electron chi connectivity index (χ0n) is 15.3. The Labute approximate surface area is 147 Å². The highest BCUT2D eigenvalue weighted by atomic mass is 16.5. The molecule has 0 radical (unpaired) electrons. The summed E-state index contributed by atoms with van der Waals surface area (Å²) in [6, 6.07) is 0. The molecule has 0 aromatic carbocycles. The van der Waals surface area contributed by atoms with Crippen LogP contribution in [0.4, 0.5) is 0 Å². The van der Waals surface area contributed by atoms with Gasteiger partial charge in [-0.05, 0) is 6.42 Å². The Bertz CT molecular complexity index is 361. The van der Waals surface area contributed by atoms with E-state index in [1.807, 2.05) is 0 Å². The van der Waals surface area contributed by atoms with Crippen LogP contribution in [-0.4, -0.2) is 25.2 Å². The molecule has 0 aliphatic carbocycles. The quantitative estimate of drug-likeness (QED) is 0.169. The highest BCUT2D eigenvalue weighted by Crippen LogP contribution is 2.11. The molecule has 0 fully saturated rings. The lowest BCUT2D eigenvalue weighted by Gasteiger charge is -2.03. The van der Waals surface area contributed by atoms with Crippen molar-refractivity contribution >= 4 is 11.9 Å². The molecule has 4 heteroatoms. The van der Waals surface area contributed by atoms with Crippen LogP contribution >= 0.6 is 0 Å². The zero-order chi connectivity index (χ0) is 17.9. The molecule has 0 N–H and O–H groups in total. The lowest BCUT2D eigenvalue weighted by Crippen LogP contribution is -2.05. The Morgan fingerprint density at radius 1 is 0.750 bits per heavy atom. The van der Waals surface area contributed by atoms with E-state index < -0.39 is 11.9 Å². The van der Waals surface area contributed by atoms with Gasteiger partial charge < -0.3 is 9.47 Å². The Morgan fingerprint density at radius 2 is 1.21 bits per heavy atom. The zero-order valence-corrected chi connectivity index (χ0v) is 15.3. The molecule has 24 heavy (non-hydrogen) atoms. The summed E-state index contributed by atoms with van der Waals surface area (Å²) < 4.78 is 9.73. The van der Waals surface area contributed by atoms with Gasteiger partial charge in [0.1, 0.15) is 6.61 Å². The van der Waals surface area contributed by atoms with Gasteiger partial charge in [0.25, 0.3) is 0 Å². The first-order valence-electron chi connectivity index (χ1n) is 9.33. The minimum absolute atomic E-state index is 0.136. The average Bonchev–Trinajstić information content (AvgIpc) is 2.59. The van der Waals surface area contributed by atoms with Crippen molar-refractivity contribution in [1.82, 2.24) is 0 Å². The summed E-state index contributed by atoms with van der Waals surface area (Å²) in [5.41, 5.74) is 0. The second kappa shape index (κ2) is 17.8. The highest BCUT2D eigenvalue weighted by Gasteiger charge is 2.00. The Morgan fingerprint density at radius 3 is 1.71 bits per heavy atom. The lowest BCUT2D eigenvalue weighted by molar-refractivity contribution is -0.140. The second-order valence-electron chi connectivity index (χ2n) is 5.96. The molecule has 0 heterocycles. The molecule has 0 saturated carbocycles. The molecule has 0 unspecified atom stereocenters. The first-order chi connectivity index (χ1) is 11.7. The number of carbonyl (C=O) groups is 2. The van der Waals surface area contributed by atoms with Gasteiger partial charge in [-0.2, -0.15) is 0 Å². The third kappa shape index (κ3) is 16.8. The Hall–Kier alpha value is -1.58. The van der Waals surface area contributed by atoms with Gasteiger partial charge in [-0.1, -0.05) is 83.8 Å². The van der Waals surface area contributed by atoms with Gasteiger partial charge >= 0.3 is 11.9 Å². The van der Waals surface area contributed by atoms with Crippen molar-refractivity contribution in [2.24, 2.45) is 0 Å². The molecule has 138 valence electrons. The van der Waals surface area contributed by atoms with Crippen molar-refractivity contribution in [2.75, 3.05) is 13.2 Å². The molecule has 0 amide bonds. The fraction of sp³-hybridized carbons (Fsp3) is 0.700. The SMILES string of the molecule is C=CCOC(=O)C=CC(=O)OCCCCCCCCCCCCC. The van der Waals surface area contributed by atoms with E-state index in [-0.39, 0.29) is 6.61 Å². The molecule has 4 nitrogen and oxygen atoms in total. The van der Waals surface area contributed by atoms with Gasteiger partial charge in [-0.15, -0.1) is 0 Å². The van der Waals surface area contributed by atoms with Crippen molar-refractivity contribution < 1.29 is 19.1 Å². The van der Waals surface area contributed by atoms with Crippen molar-refractivity contribution in [3.05, 3.63) is 24.8 Å². The minimum atomic E-state index is -0.568. The van der Waals surface area contributed by atoms with Crippen LogP contribution in [0.5, 0.6) is 0 Å². The summed E-state index contributed by atoms with van der Waals surface area (Å²) in [6.07, 6.45) is 17.5. The fourth-order valence-electron chi connectivity index (χ4n) is 2.31. The summed E-state index contributed by atoms with van der Waals surface area (Å²) >= 11 is 0. The molecular weight excluding hydrogens is 304 g/mol. The molecule has 0 saturated heterocycles. The minimum Gasteiger partial charge on any atom is -0.463 e. The van der Waals surface area contributed by atoms with Crippen molar-refractivity contribution in [3.8, 4) is 0 Å². The van der Waals surface area contributed by atoms with E-state index >= 15 is 0 Å². The predicted octanol–water partition coefficient (Wildman–Crippen LogP) is 5.13. The molecule has 0 bridgehead atoms. The van der Waals surface area contributed by atoms with E-state index in [9.17, 15) is 9.59 Å². The second-order valence-corrected chi connectivity index (χ2v) is 5.96.